The number of para-hydroxylation sites is 2. The summed E-state index contributed by atoms with van der Waals surface area (Å²) in [6, 6.07) is 27.4. The Balaban J connectivity index is 1.50. The van der Waals surface area contributed by atoms with E-state index in [1.807, 2.05) is 79.7 Å². The van der Waals surface area contributed by atoms with Crippen molar-refractivity contribution >= 4 is 28.8 Å². The van der Waals surface area contributed by atoms with Crippen molar-refractivity contribution < 1.29 is 9.59 Å². The van der Waals surface area contributed by atoms with Crippen LogP contribution >= 0.6 is 0 Å². The third-order valence-corrected chi connectivity index (χ3v) is 6.20. The van der Waals surface area contributed by atoms with E-state index in [0.29, 0.717) is 30.0 Å². The summed E-state index contributed by atoms with van der Waals surface area (Å²) < 4.78 is 0. The van der Waals surface area contributed by atoms with Gasteiger partial charge >= 0.3 is 0 Å². The highest BCUT2D eigenvalue weighted by Gasteiger charge is 2.43. The first kappa shape index (κ1) is 20.1. The van der Waals surface area contributed by atoms with Crippen LogP contribution < -0.4 is 9.80 Å². The smallest absolute Gasteiger partial charge is 0.282 e. The molecule has 0 spiro atoms. The largest absolute Gasteiger partial charge is 0.368 e. The van der Waals surface area contributed by atoms with Gasteiger partial charge in [0.2, 0.25) is 0 Å². The van der Waals surface area contributed by atoms with E-state index in [1.54, 1.807) is 0 Å². The molecule has 0 aromatic heterocycles. The van der Waals surface area contributed by atoms with E-state index < -0.39 is 0 Å². The van der Waals surface area contributed by atoms with Gasteiger partial charge in [0.1, 0.15) is 5.70 Å². The lowest BCUT2D eigenvalue weighted by Gasteiger charge is -2.37. The standard InChI is InChI=1S/C27H25N3O2/c1-20-10-8-9-15-23(20)30-26(31)24(21-11-4-2-5-12-21)25(27(30)32)29-18-16-28(17-19-29)22-13-6-3-7-14-22/h2-15H,16-19H2,1H3. The first-order valence-corrected chi connectivity index (χ1v) is 10.9. The fourth-order valence-electron chi connectivity index (χ4n) is 4.54. The summed E-state index contributed by atoms with van der Waals surface area (Å²) in [4.78, 5) is 33.1. The molecule has 0 bridgehead atoms. The van der Waals surface area contributed by atoms with Crippen molar-refractivity contribution in [1.29, 1.82) is 0 Å². The molecular weight excluding hydrogens is 398 g/mol. The van der Waals surface area contributed by atoms with Gasteiger partial charge in [0, 0.05) is 31.9 Å². The quantitative estimate of drug-likeness (QED) is 0.593. The third kappa shape index (κ3) is 3.46. The van der Waals surface area contributed by atoms with Gasteiger partial charge in [-0.2, -0.15) is 0 Å². The minimum atomic E-state index is -0.254. The second-order valence-corrected chi connectivity index (χ2v) is 8.13. The van der Waals surface area contributed by atoms with Crippen LogP contribution in [0.25, 0.3) is 5.57 Å². The molecule has 5 nitrogen and oxygen atoms in total. The number of piperazine rings is 1. The minimum Gasteiger partial charge on any atom is -0.368 e. The zero-order valence-electron chi connectivity index (χ0n) is 18.1. The second kappa shape index (κ2) is 8.35. The molecule has 3 aromatic carbocycles. The molecule has 2 heterocycles. The van der Waals surface area contributed by atoms with E-state index in [1.165, 1.54) is 10.6 Å². The van der Waals surface area contributed by atoms with Crippen LogP contribution in [0.2, 0.25) is 0 Å². The number of carbonyl (C=O) groups excluding carboxylic acids is 2. The Kier molecular flexibility index (Phi) is 5.23. The summed E-state index contributed by atoms with van der Waals surface area (Å²) in [7, 11) is 0. The number of benzene rings is 3. The fraction of sp³-hybridized carbons (Fsp3) is 0.185. The van der Waals surface area contributed by atoms with E-state index in [-0.39, 0.29) is 11.8 Å². The van der Waals surface area contributed by atoms with Crippen LogP contribution in [0.5, 0.6) is 0 Å². The molecule has 1 saturated heterocycles. The third-order valence-electron chi connectivity index (χ3n) is 6.20. The van der Waals surface area contributed by atoms with E-state index >= 15 is 0 Å². The number of hydrogen-bond donors (Lipinski definition) is 0. The van der Waals surface area contributed by atoms with Gasteiger partial charge in [-0.3, -0.25) is 9.59 Å². The predicted molar refractivity (Wildman–Crippen MR) is 127 cm³/mol. The number of amides is 2. The molecule has 5 heteroatoms. The highest BCUT2D eigenvalue weighted by molar-refractivity contribution is 6.45. The van der Waals surface area contributed by atoms with Crippen molar-refractivity contribution in [2.45, 2.75) is 6.92 Å². The van der Waals surface area contributed by atoms with E-state index in [9.17, 15) is 9.59 Å². The predicted octanol–water partition coefficient (Wildman–Crippen LogP) is 4.10. The Morgan fingerprint density at radius 2 is 1.19 bits per heavy atom. The van der Waals surface area contributed by atoms with Gasteiger partial charge < -0.3 is 9.80 Å². The molecule has 0 N–H and O–H groups in total. The minimum absolute atomic E-state index is 0.240. The SMILES string of the molecule is Cc1ccccc1N1C(=O)C(c2ccccc2)=C(N2CCN(c3ccccc3)CC2)C1=O. The lowest BCUT2D eigenvalue weighted by Crippen LogP contribution is -2.47. The molecule has 160 valence electrons. The molecule has 1 fully saturated rings. The molecule has 3 aromatic rings. The average Bonchev–Trinajstić information content (AvgIpc) is 3.10. The van der Waals surface area contributed by atoms with Crippen LogP contribution in [0, 0.1) is 6.92 Å². The van der Waals surface area contributed by atoms with Crippen LogP contribution in [0.4, 0.5) is 11.4 Å². The highest BCUT2D eigenvalue weighted by atomic mass is 16.2. The molecular formula is C27H25N3O2. The van der Waals surface area contributed by atoms with E-state index in [2.05, 4.69) is 21.9 Å². The summed E-state index contributed by atoms with van der Waals surface area (Å²) in [5.41, 5.74) is 4.51. The van der Waals surface area contributed by atoms with Gasteiger partial charge in [-0.1, -0.05) is 66.7 Å². The molecule has 0 atom stereocenters. The van der Waals surface area contributed by atoms with Gasteiger partial charge in [0.15, 0.2) is 0 Å². The highest BCUT2D eigenvalue weighted by Crippen LogP contribution is 2.36. The number of nitrogens with zero attached hydrogens (tertiary/aromatic N) is 3. The van der Waals surface area contributed by atoms with Crippen LogP contribution in [-0.4, -0.2) is 42.9 Å². The maximum absolute atomic E-state index is 13.7. The summed E-state index contributed by atoms with van der Waals surface area (Å²) in [5, 5.41) is 0. The zero-order valence-corrected chi connectivity index (χ0v) is 18.1. The first-order valence-electron chi connectivity index (χ1n) is 10.9. The van der Waals surface area contributed by atoms with Crippen molar-refractivity contribution in [2.75, 3.05) is 36.0 Å². The van der Waals surface area contributed by atoms with Crippen molar-refractivity contribution in [2.24, 2.45) is 0 Å². The average molecular weight is 424 g/mol. The molecule has 2 aliphatic rings. The molecule has 0 unspecified atom stereocenters. The van der Waals surface area contributed by atoms with Gasteiger partial charge in [-0.25, -0.2) is 4.90 Å². The van der Waals surface area contributed by atoms with Crippen LogP contribution in [-0.2, 0) is 9.59 Å². The number of anilines is 2. The Labute approximate surface area is 188 Å². The van der Waals surface area contributed by atoms with Gasteiger partial charge in [-0.15, -0.1) is 0 Å². The van der Waals surface area contributed by atoms with Crippen LogP contribution in [0.3, 0.4) is 0 Å². The van der Waals surface area contributed by atoms with E-state index in [4.69, 9.17) is 0 Å². The summed E-state index contributed by atoms with van der Waals surface area (Å²) in [6.07, 6.45) is 0. The van der Waals surface area contributed by atoms with Gasteiger partial charge in [-0.05, 0) is 36.2 Å². The molecule has 2 aliphatic heterocycles. The Bertz CT molecular complexity index is 1180. The van der Waals surface area contributed by atoms with Crippen LogP contribution in [0.1, 0.15) is 11.1 Å². The molecule has 0 saturated carbocycles. The number of carbonyl (C=O) groups is 2. The van der Waals surface area contributed by atoms with Crippen molar-refractivity contribution in [3.05, 3.63) is 102 Å². The maximum atomic E-state index is 13.7. The van der Waals surface area contributed by atoms with E-state index in [0.717, 1.165) is 24.2 Å². The van der Waals surface area contributed by atoms with Crippen molar-refractivity contribution in [3.63, 3.8) is 0 Å². The molecule has 32 heavy (non-hydrogen) atoms. The first-order chi connectivity index (χ1) is 15.6. The lowest BCUT2D eigenvalue weighted by atomic mass is 10.0. The summed E-state index contributed by atoms with van der Waals surface area (Å²) in [6.45, 7) is 4.87. The summed E-state index contributed by atoms with van der Waals surface area (Å²) in [5.74, 6) is -0.493. The fourth-order valence-corrected chi connectivity index (χ4v) is 4.54. The van der Waals surface area contributed by atoms with Crippen molar-refractivity contribution in [1.82, 2.24) is 4.90 Å². The molecule has 2 amide bonds. The van der Waals surface area contributed by atoms with Gasteiger partial charge in [0.25, 0.3) is 11.8 Å². The lowest BCUT2D eigenvalue weighted by molar-refractivity contribution is -0.120. The number of aryl methyl sites for hydroxylation is 1. The second-order valence-electron chi connectivity index (χ2n) is 8.13. The Morgan fingerprint density at radius 3 is 1.84 bits per heavy atom. The van der Waals surface area contributed by atoms with Gasteiger partial charge in [0.05, 0.1) is 11.3 Å². The Hall–Kier alpha value is -3.86. The zero-order chi connectivity index (χ0) is 22.1. The molecule has 0 aliphatic carbocycles. The Morgan fingerprint density at radius 1 is 0.625 bits per heavy atom. The summed E-state index contributed by atoms with van der Waals surface area (Å²) >= 11 is 0. The maximum Gasteiger partial charge on any atom is 0.282 e. The topological polar surface area (TPSA) is 43.9 Å². The monoisotopic (exact) mass is 423 g/mol. The number of imide groups is 1. The van der Waals surface area contributed by atoms with Crippen LogP contribution in [0.15, 0.2) is 90.6 Å². The molecule has 5 rings (SSSR count). The normalized spacial score (nSPS) is 16.8. The number of hydrogen-bond acceptors (Lipinski definition) is 4. The molecule has 0 radical (unpaired) electrons. The van der Waals surface area contributed by atoms with Crippen molar-refractivity contribution in [3.8, 4) is 0 Å². The number of rotatable bonds is 4.